The quantitative estimate of drug-likeness (QED) is 0.675. The van der Waals surface area contributed by atoms with Gasteiger partial charge in [-0.3, -0.25) is 4.90 Å². The fourth-order valence-corrected chi connectivity index (χ4v) is 2.74. The fraction of sp³-hybridized carbons (Fsp3) is 0.600. The van der Waals surface area contributed by atoms with E-state index in [4.69, 9.17) is 15.2 Å². The van der Waals surface area contributed by atoms with Gasteiger partial charge in [-0.25, -0.2) is 19.1 Å². The van der Waals surface area contributed by atoms with E-state index in [9.17, 15) is 9.59 Å². The van der Waals surface area contributed by atoms with Crippen LogP contribution in [0.5, 0.6) is 0 Å². The molecular formula is C20H33BN6O4. The Morgan fingerprint density at radius 1 is 1.06 bits per heavy atom. The first-order chi connectivity index (χ1) is 14.3. The van der Waals surface area contributed by atoms with Gasteiger partial charge in [0, 0.05) is 38.6 Å². The van der Waals surface area contributed by atoms with E-state index >= 15 is 0 Å². The lowest BCUT2D eigenvalue weighted by atomic mass is 10.0. The second kappa shape index (κ2) is 9.55. The van der Waals surface area contributed by atoms with Crippen molar-refractivity contribution in [2.45, 2.75) is 52.7 Å². The third-order valence-corrected chi connectivity index (χ3v) is 4.07. The number of hydrogen-bond acceptors (Lipinski definition) is 7. The molecular weight excluding hydrogens is 399 g/mol. The molecule has 0 saturated heterocycles. The molecule has 0 aliphatic carbocycles. The van der Waals surface area contributed by atoms with Crippen molar-refractivity contribution in [3.05, 3.63) is 18.5 Å². The lowest BCUT2D eigenvalue weighted by Crippen LogP contribution is -2.46. The van der Waals surface area contributed by atoms with Gasteiger partial charge in [0.2, 0.25) is 0 Å². The zero-order valence-corrected chi connectivity index (χ0v) is 19.5. The molecule has 2 aromatic rings. The molecule has 0 unspecified atom stereocenters. The molecule has 0 spiro atoms. The van der Waals surface area contributed by atoms with Gasteiger partial charge in [-0.2, -0.15) is 5.10 Å². The summed E-state index contributed by atoms with van der Waals surface area (Å²) in [6.45, 7) is 11.7. The van der Waals surface area contributed by atoms with Crippen molar-refractivity contribution in [3.8, 4) is 0 Å². The molecule has 0 fully saturated rings. The van der Waals surface area contributed by atoms with Gasteiger partial charge >= 0.3 is 12.2 Å². The Bertz CT molecular complexity index is 919. The fourth-order valence-electron chi connectivity index (χ4n) is 2.74. The van der Waals surface area contributed by atoms with Gasteiger partial charge in [0.25, 0.3) is 0 Å². The molecule has 2 amide bonds. The Morgan fingerprint density at radius 3 is 2.26 bits per heavy atom. The number of aromatic nitrogens is 3. The highest BCUT2D eigenvalue weighted by Gasteiger charge is 2.27. The monoisotopic (exact) mass is 432 g/mol. The first-order valence-corrected chi connectivity index (χ1v) is 10.3. The van der Waals surface area contributed by atoms with Crippen molar-refractivity contribution in [1.82, 2.24) is 19.5 Å². The van der Waals surface area contributed by atoms with Gasteiger partial charge in [-0.05, 0) is 53.1 Å². The number of anilines is 1. The molecule has 0 aliphatic rings. The van der Waals surface area contributed by atoms with E-state index in [0.29, 0.717) is 18.0 Å². The number of fused-ring (bicyclic) bond motifs is 1. The Morgan fingerprint density at radius 2 is 1.68 bits per heavy atom. The molecule has 0 aromatic carbocycles. The zero-order valence-electron chi connectivity index (χ0n) is 19.5. The number of amides is 2. The molecule has 2 heterocycles. The average molecular weight is 432 g/mol. The highest BCUT2D eigenvalue weighted by atomic mass is 16.6. The molecule has 10 nitrogen and oxygen atoms in total. The summed E-state index contributed by atoms with van der Waals surface area (Å²) in [6.07, 6.45) is 2.39. The molecule has 2 N–H and O–H groups in total. The second-order valence-electron chi connectivity index (χ2n) is 9.27. The van der Waals surface area contributed by atoms with Crippen LogP contribution in [-0.2, 0) is 9.47 Å². The minimum Gasteiger partial charge on any atom is -0.444 e. The van der Waals surface area contributed by atoms with Crippen LogP contribution in [0.3, 0.4) is 0 Å². The molecule has 2 aromatic heterocycles. The molecule has 31 heavy (non-hydrogen) atoms. The minimum absolute atomic E-state index is 0.157. The van der Waals surface area contributed by atoms with Crippen LogP contribution in [0, 0.1) is 0 Å². The minimum atomic E-state index is -0.686. The number of nitrogens with zero attached hydrogens (tertiary/aromatic N) is 5. The van der Waals surface area contributed by atoms with Crippen molar-refractivity contribution < 1.29 is 19.1 Å². The van der Waals surface area contributed by atoms with Gasteiger partial charge in [0.15, 0.2) is 5.65 Å². The van der Waals surface area contributed by atoms with Gasteiger partial charge in [-0.1, -0.05) is 0 Å². The normalized spacial score (nSPS) is 12.0. The average Bonchev–Trinajstić information content (AvgIpc) is 2.98. The molecule has 0 aliphatic heterocycles. The largest absolute Gasteiger partial charge is 0.444 e. The molecule has 170 valence electrons. The van der Waals surface area contributed by atoms with Crippen molar-refractivity contribution in [2.24, 2.45) is 5.73 Å². The van der Waals surface area contributed by atoms with Crippen molar-refractivity contribution >= 4 is 37.0 Å². The summed E-state index contributed by atoms with van der Waals surface area (Å²) in [5.41, 5.74) is 5.87. The number of carbonyl (C=O) groups is 2. The van der Waals surface area contributed by atoms with Crippen LogP contribution in [0.25, 0.3) is 5.65 Å². The molecule has 0 radical (unpaired) electrons. The summed E-state index contributed by atoms with van der Waals surface area (Å²) in [5.74, 6) is 0.405. The maximum absolute atomic E-state index is 13.0. The number of ether oxygens (including phenoxy) is 2. The summed E-state index contributed by atoms with van der Waals surface area (Å²) in [6, 6.07) is 1.68. The number of hydrogen-bond donors (Lipinski definition) is 1. The Balaban J connectivity index is 2.29. The molecule has 0 atom stereocenters. The molecule has 0 saturated carbocycles. The van der Waals surface area contributed by atoms with Crippen LogP contribution in [0.15, 0.2) is 18.5 Å². The van der Waals surface area contributed by atoms with Crippen LogP contribution in [0.1, 0.15) is 41.5 Å². The lowest BCUT2D eigenvalue weighted by molar-refractivity contribution is 0.0253. The van der Waals surface area contributed by atoms with Crippen LogP contribution in [0.4, 0.5) is 15.4 Å². The van der Waals surface area contributed by atoms with Gasteiger partial charge in [0.1, 0.15) is 24.9 Å². The number of rotatable bonds is 6. The van der Waals surface area contributed by atoms with Crippen molar-refractivity contribution in [3.63, 3.8) is 0 Å². The Hall–Kier alpha value is -2.82. The van der Waals surface area contributed by atoms with Crippen LogP contribution < -0.4 is 16.1 Å². The highest BCUT2D eigenvalue weighted by Crippen LogP contribution is 2.17. The lowest BCUT2D eigenvalue weighted by Gasteiger charge is -2.30. The summed E-state index contributed by atoms with van der Waals surface area (Å²) in [7, 11) is 1.89. The summed E-state index contributed by atoms with van der Waals surface area (Å²) in [5, 5.41) is 4.21. The maximum atomic E-state index is 13.0. The topological polar surface area (TPSA) is 115 Å². The van der Waals surface area contributed by atoms with Crippen LogP contribution >= 0.6 is 0 Å². The van der Waals surface area contributed by atoms with E-state index in [-0.39, 0.29) is 19.6 Å². The third kappa shape index (κ3) is 7.13. The number of carbonyl (C=O) groups excluding carboxylic acids is 2. The highest BCUT2D eigenvalue weighted by molar-refractivity contribution is 6.36. The smallest absolute Gasteiger partial charge is 0.416 e. The predicted molar refractivity (Wildman–Crippen MR) is 122 cm³/mol. The van der Waals surface area contributed by atoms with E-state index in [1.54, 1.807) is 64.5 Å². The van der Waals surface area contributed by atoms with Crippen LogP contribution in [-0.4, -0.2) is 76.9 Å². The maximum Gasteiger partial charge on any atom is 0.416 e. The zero-order chi connectivity index (χ0) is 23.4. The van der Waals surface area contributed by atoms with E-state index in [1.807, 2.05) is 7.85 Å². The summed E-state index contributed by atoms with van der Waals surface area (Å²) >= 11 is 0. The third-order valence-electron chi connectivity index (χ3n) is 4.07. The van der Waals surface area contributed by atoms with Crippen molar-refractivity contribution in [1.29, 1.82) is 0 Å². The second-order valence-corrected chi connectivity index (χ2v) is 9.27. The van der Waals surface area contributed by atoms with Crippen LogP contribution in [0.2, 0.25) is 0 Å². The van der Waals surface area contributed by atoms with Crippen molar-refractivity contribution in [2.75, 3.05) is 31.1 Å². The number of nitrogens with two attached hydrogens (primary N) is 1. The summed E-state index contributed by atoms with van der Waals surface area (Å²) in [4.78, 5) is 33.0. The molecule has 11 heteroatoms. The van der Waals surface area contributed by atoms with Gasteiger partial charge < -0.3 is 20.1 Å². The van der Waals surface area contributed by atoms with E-state index < -0.39 is 23.4 Å². The van der Waals surface area contributed by atoms with E-state index in [1.165, 1.54) is 9.80 Å². The van der Waals surface area contributed by atoms with Gasteiger partial charge in [0.05, 0.1) is 0 Å². The molecule has 2 rings (SSSR count). The Kier molecular flexibility index (Phi) is 7.53. The molecule has 0 bridgehead atoms. The van der Waals surface area contributed by atoms with E-state index in [0.717, 1.165) is 5.46 Å². The van der Waals surface area contributed by atoms with E-state index in [2.05, 4.69) is 10.1 Å². The first-order valence-electron chi connectivity index (χ1n) is 10.3. The summed E-state index contributed by atoms with van der Waals surface area (Å²) < 4.78 is 12.7. The standard InChI is InChI=1S/C20H33BN6O4/c1-19(2,3)30-17(28)25(10-8-22)11-12-26(18(29)31-20(4,5)6)15-7-9-27-16(24-15)14(21)13-23-27/h7,9,13H,8,10-12,21-22H2,1-6H3. The van der Waals surface area contributed by atoms with Gasteiger partial charge in [-0.15, -0.1) is 0 Å². The Labute approximate surface area is 184 Å². The SMILES string of the molecule is Bc1cnn2ccc(N(CCN(CCN)C(=O)OC(C)(C)C)C(=O)OC(C)(C)C)nc12. The predicted octanol–water partition coefficient (Wildman–Crippen LogP) is 0.925. The first kappa shape index (κ1) is 24.5.